The molecule has 126 valence electrons. The second-order valence-corrected chi connectivity index (χ2v) is 5.02. The van der Waals surface area contributed by atoms with Crippen LogP contribution >= 0.6 is 0 Å². The summed E-state index contributed by atoms with van der Waals surface area (Å²) in [6.07, 6.45) is 0.637. The van der Waals surface area contributed by atoms with Gasteiger partial charge in [0.15, 0.2) is 17.3 Å². The first-order valence-corrected chi connectivity index (χ1v) is 7.12. The van der Waals surface area contributed by atoms with E-state index >= 15 is 0 Å². The van der Waals surface area contributed by atoms with E-state index in [1.54, 1.807) is 18.2 Å². The van der Waals surface area contributed by atoms with Crippen molar-refractivity contribution in [3.8, 4) is 11.5 Å². The number of rotatable bonds is 9. The summed E-state index contributed by atoms with van der Waals surface area (Å²) in [7, 11) is 2.93. The zero-order chi connectivity index (χ0) is 17.4. The van der Waals surface area contributed by atoms with E-state index < -0.39 is 5.97 Å². The molecule has 0 bridgehead atoms. The Morgan fingerprint density at radius 2 is 1.91 bits per heavy atom. The van der Waals surface area contributed by atoms with Gasteiger partial charge in [-0.3, -0.25) is 14.4 Å². The minimum Gasteiger partial charge on any atom is -0.493 e. The first-order chi connectivity index (χ1) is 10.8. The van der Waals surface area contributed by atoms with Crippen LogP contribution in [0.1, 0.15) is 30.1 Å². The lowest BCUT2D eigenvalue weighted by Crippen LogP contribution is -2.31. The maximum Gasteiger partial charge on any atom is 0.323 e. The average Bonchev–Trinajstić information content (AvgIpc) is 2.50. The zero-order valence-electron chi connectivity index (χ0n) is 13.5. The normalized spacial score (nSPS) is 10.0. The first-order valence-electron chi connectivity index (χ1n) is 7.12. The molecule has 7 heteroatoms. The number of ether oxygens (including phenoxy) is 2. The number of aliphatic carboxylic acids is 1. The van der Waals surface area contributed by atoms with Gasteiger partial charge in [0.1, 0.15) is 6.54 Å². The molecular formula is C16H21NO6. The molecule has 0 aliphatic rings. The molecule has 0 saturated heterocycles. The van der Waals surface area contributed by atoms with Crippen molar-refractivity contribution in [2.45, 2.75) is 19.8 Å². The summed E-state index contributed by atoms with van der Waals surface area (Å²) in [6, 6.07) is 4.89. The number of carboxylic acids is 1. The molecule has 0 saturated carbocycles. The summed E-state index contributed by atoms with van der Waals surface area (Å²) in [5, 5.41) is 8.62. The van der Waals surface area contributed by atoms with Gasteiger partial charge >= 0.3 is 5.97 Å². The molecule has 23 heavy (non-hydrogen) atoms. The SMILES string of the molecule is COc1cc(C(C)=O)ccc1OCCCC(=O)N(C)CC(=O)O. The van der Waals surface area contributed by atoms with Crippen LogP contribution < -0.4 is 9.47 Å². The Hall–Kier alpha value is -2.57. The van der Waals surface area contributed by atoms with Gasteiger partial charge in [-0.1, -0.05) is 0 Å². The predicted octanol–water partition coefficient (Wildman–Crippen LogP) is 1.60. The number of hydrogen-bond acceptors (Lipinski definition) is 5. The van der Waals surface area contributed by atoms with Gasteiger partial charge in [0.2, 0.25) is 5.91 Å². The van der Waals surface area contributed by atoms with Crippen LogP contribution in [0, 0.1) is 0 Å². The van der Waals surface area contributed by atoms with E-state index in [0.29, 0.717) is 23.5 Å². The second-order valence-electron chi connectivity index (χ2n) is 5.02. The van der Waals surface area contributed by atoms with Gasteiger partial charge < -0.3 is 19.5 Å². The van der Waals surface area contributed by atoms with Gasteiger partial charge in [-0.05, 0) is 31.5 Å². The van der Waals surface area contributed by atoms with Crippen molar-refractivity contribution in [3.63, 3.8) is 0 Å². The van der Waals surface area contributed by atoms with Crippen LogP contribution in [0.25, 0.3) is 0 Å². The van der Waals surface area contributed by atoms with Crippen molar-refractivity contribution in [1.82, 2.24) is 4.90 Å². The molecule has 0 unspecified atom stereocenters. The van der Waals surface area contributed by atoms with E-state index in [2.05, 4.69) is 0 Å². The standard InChI is InChI=1S/C16H21NO6/c1-11(18)12-6-7-13(14(9-12)22-3)23-8-4-5-15(19)17(2)10-16(20)21/h6-7,9H,4-5,8,10H2,1-3H3,(H,20,21). The number of carbonyl (C=O) groups excluding carboxylic acids is 2. The number of carbonyl (C=O) groups is 3. The maximum absolute atomic E-state index is 11.7. The summed E-state index contributed by atoms with van der Waals surface area (Å²) in [4.78, 5) is 34.7. The smallest absolute Gasteiger partial charge is 0.323 e. The molecule has 0 aliphatic carbocycles. The Morgan fingerprint density at radius 1 is 1.22 bits per heavy atom. The lowest BCUT2D eigenvalue weighted by molar-refractivity contribution is -0.143. The first kappa shape index (κ1) is 18.5. The molecule has 1 rings (SSSR count). The van der Waals surface area contributed by atoms with E-state index in [1.165, 1.54) is 21.1 Å². The van der Waals surface area contributed by atoms with E-state index in [0.717, 1.165) is 4.90 Å². The van der Waals surface area contributed by atoms with Crippen LogP contribution in [-0.2, 0) is 9.59 Å². The Bertz CT molecular complexity index is 584. The highest BCUT2D eigenvalue weighted by molar-refractivity contribution is 5.94. The highest BCUT2D eigenvalue weighted by Gasteiger charge is 2.12. The van der Waals surface area contributed by atoms with E-state index in [4.69, 9.17) is 14.6 Å². The third-order valence-electron chi connectivity index (χ3n) is 3.16. The topological polar surface area (TPSA) is 93.1 Å². The molecule has 1 aromatic rings. The molecule has 7 nitrogen and oxygen atoms in total. The summed E-state index contributed by atoms with van der Waals surface area (Å²) in [5.41, 5.74) is 0.527. The summed E-state index contributed by atoms with van der Waals surface area (Å²) in [5.74, 6) is -0.430. The molecule has 0 aromatic heterocycles. The lowest BCUT2D eigenvalue weighted by Gasteiger charge is -2.15. The van der Waals surface area contributed by atoms with Crippen LogP contribution in [0.3, 0.4) is 0 Å². The number of Topliss-reactive ketones (excluding diaryl/α,β-unsaturated/α-hetero) is 1. The highest BCUT2D eigenvalue weighted by atomic mass is 16.5. The van der Waals surface area contributed by atoms with Gasteiger partial charge in [-0.25, -0.2) is 0 Å². The Labute approximate surface area is 134 Å². The van der Waals surface area contributed by atoms with Crippen LogP contribution in [0.2, 0.25) is 0 Å². The van der Waals surface area contributed by atoms with Crippen LogP contribution in [0.5, 0.6) is 11.5 Å². The summed E-state index contributed by atoms with van der Waals surface area (Å²) in [6.45, 7) is 1.43. The molecule has 0 spiro atoms. The fraction of sp³-hybridized carbons (Fsp3) is 0.438. The van der Waals surface area contributed by atoms with E-state index in [1.807, 2.05) is 0 Å². The van der Waals surface area contributed by atoms with Crippen molar-refractivity contribution >= 4 is 17.7 Å². The van der Waals surface area contributed by atoms with Crippen molar-refractivity contribution in [2.75, 3.05) is 27.3 Å². The molecule has 1 N–H and O–H groups in total. The number of hydrogen-bond donors (Lipinski definition) is 1. The molecule has 0 aliphatic heterocycles. The van der Waals surface area contributed by atoms with Gasteiger partial charge in [0.25, 0.3) is 0 Å². The number of likely N-dealkylation sites (N-methyl/N-ethyl adjacent to an activating group) is 1. The number of amides is 1. The monoisotopic (exact) mass is 323 g/mol. The van der Waals surface area contributed by atoms with Gasteiger partial charge in [-0.2, -0.15) is 0 Å². The molecule has 0 radical (unpaired) electrons. The van der Waals surface area contributed by atoms with Crippen molar-refractivity contribution in [1.29, 1.82) is 0 Å². The largest absolute Gasteiger partial charge is 0.493 e. The third-order valence-corrected chi connectivity index (χ3v) is 3.16. The molecule has 1 aromatic carbocycles. The van der Waals surface area contributed by atoms with Gasteiger partial charge in [0, 0.05) is 19.0 Å². The molecule has 0 heterocycles. The van der Waals surface area contributed by atoms with Gasteiger partial charge in [0.05, 0.1) is 13.7 Å². The number of benzene rings is 1. The summed E-state index contributed by atoms with van der Waals surface area (Å²) < 4.78 is 10.7. The van der Waals surface area contributed by atoms with Crippen molar-refractivity contribution in [2.24, 2.45) is 0 Å². The fourth-order valence-corrected chi connectivity index (χ4v) is 1.89. The lowest BCUT2D eigenvalue weighted by atomic mass is 10.1. The molecule has 0 atom stereocenters. The van der Waals surface area contributed by atoms with Gasteiger partial charge in [-0.15, -0.1) is 0 Å². The van der Waals surface area contributed by atoms with E-state index in [9.17, 15) is 14.4 Å². The Balaban J connectivity index is 2.48. The quantitative estimate of drug-likeness (QED) is 0.548. The molecule has 1 amide bonds. The average molecular weight is 323 g/mol. The van der Waals surface area contributed by atoms with Crippen LogP contribution in [0.15, 0.2) is 18.2 Å². The van der Waals surface area contributed by atoms with Crippen molar-refractivity contribution < 1.29 is 29.0 Å². The highest BCUT2D eigenvalue weighted by Crippen LogP contribution is 2.28. The maximum atomic E-state index is 11.7. The number of carboxylic acid groups (broad SMARTS) is 1. The third kappa shape index (κ3) is 5.98. The number of nitrogens with zero attached hydrogens (tertiary/aromatic N) is 1. The number of ketones is 1. The Morgan fingerprint density at radius 3 is 2.48 bits per heavy atom. The Kier molecular flexibility index (Phi) is 7.05. The summed E-state index contributed by atoms with van der Waals surface area (Å²) >= 11 is 0. The second kappa shape index (κ2) is 8.77. The van der Waals surface area contributed by atoms with Crippen LogP contribution in [-0.4, -0.2) is 55.0 Å². The van der Waals surface area contributed by atoms with Crippen molar-refractivity contribution in [3.05, 3.63) is 23.8 Å². The fourth-order valence-electron chi connectivity index (χ4n) is 1.89. The molecule has 0 fully saturated rings. The van der Waals surface area contributed by atoms with Crippen LogP contribution in [0.4, 0.5) is 0 Å². The number of methoxy groups -OCH3 is 1. The minimum absolute atomic E-state index is 0.0677. The predicted molar refractivity (Wildman–Crippen MR) is 83.0 cm³/mol. The zero-order valence-corrected chi connectivity index (χ0v) is 13.5. The minimum atomic E-state index is -1.05. The molecular weight excluding hydrogens is 302 g/mol. The van der Waals surface area contributed by atoms with E-state index in [-0.39, 0.29) is 31.3 Å².